The van der Waals surface area contributed by atoms with Crippen molar-refractivity contribution in [2.75, 3.05) is 19.7 Å². The number of aliphatic hydroxyl groups is 1. The molecule has 0 spiro atoms. The van der Waals surface area contributed by atoms with E-state index in [1.165, 1.54) is 0 Å². The predicted octanol–water partition coefficient (Wildman–Crippen LogP) is 0.871. The minimum Gasteiger partial charge on any atom is -0.458 e. The first kappa shape index (κ1) is 12.3. The summed E-state index contributed by atoms with van der Waals surface area (Å²) in [6.45, 7) is 5.63. The number of aliphatic hydroxyl groups excluding tert-OH is 1. The van der Waals surface area contributed by atoms with Crippen molar-refractivity contribution in [2.24, 2.45) is 0 Å². The van der Waals surface area contributed by atoms with E-state index < -0.39 is 0 Å². The molecule has 0 aromatic heterocycles. The molecule has 0 aromatic carbocycles. The molecule has 2 rings (SSSR count). The van der Waals surface area contributed by atoms with E-state index in [9.17, 15) is 9.90 Å². The number of allylic oxidation sites excluding steroid dienone is 1. The second-order valence-electron chi connectivity index (χ2n) is 4.62. The zero-order valence-corrected chi connectivity index (χ0v) is 10.3. The number of ether oxygens (including phenoxy) is 1. The van der Waals surface area contributed by atoms with Crippen molar-refractivity contribution in [1.29, 1.82) is 0 Å². The fourth-order valence-electron chi connectivity index (χ4n) is 2.40. The van der Waals surface area contributed by atoms with Gasteiger partial charge in [-0.05, 0) is 25.8 Å². The van der Waals surface area contributed by atoms with Crippen LogP contribution in [-0.4, -0.2) is 47.8 Å². The molecule has 1 N–H and O–H groups in total. The van der Waals surface area contributed by atoms with Crippen molar-refractivity contribution in [3.05, 3.63) is 23.3 Å². The number of carbonyl (C=O) groups excluding carboxylic acids is 1. The van der Waals surface area contributed by atoms with Crippen LogP contribution in [0.2, 0.25) is 0 Å². The van der Waals surface area contributed by atoms with Gasteiger partial charge in [-0.1, -0.05) is 12.2 Å². The largest absolute Gasteiger partial charge is 0.458 e. The normalized spacial score (nSPS) is 29.1. The lowest BCUT2D eigenvalue weighted by Gasteiger charge is -2.20. The van der Waals surface area contributed by atoms with Gasteiger partial charge in [0.1, 0.15) is 6.61 Å². The minimum atomic E-state index is -0.315. The summed E-state index contributed by atoms with van der Waals surface area (Å²) >= 11 is 0. The summed E-state index contributed by atoms with van der Waals surface area (Å²) in [4.78, 5) is 13.7. The van der Waals surface area contributed by atoms with E-state index in [0.29, 0.717) is 12.2 Å². The number of carbonyl (C=O) groups is 1. The summed E-state index contributed by atoms with van der Waals surface area (Å²) in [5.41, 5.74) is 1.65. The van der Waals surface area contributed by atoms with Gasteiger partial charge in [-0.3, -0.25) is 4.90 Å². The van der Waals surface area contributed by atoms with Crippen LogP contribution >= 0.6 is 0 Å². The first-order chi connectivity index (χ1) is 8.13. The molecule has 0 aliphatic carbocycles. The van der Waals surface area contributed by atoms with Crippen LogP contribution in [0.25, 0.3) is 0 Å². The Morgan fingerprint density at radius 2 is 2.47 bits per heavy atom. The highest BCUT2D eigenvalue weighted by molar-refractivity contribution is 5.87. The van der Waals surface area contributed by atoms with Gasteiger partial charge in [0.25, 0.3) is 0 Å². The molecule has 1 fully saturated rings. The molecule has 0 bridgehead atoms. The van der Waals surface area contributed by atoms with Crippen LogP contribution in [-0.2, 0) is 9.53 Å². The fourth-order valence-corrected chi connectivity index (χ4v) is 2.40. The summed E-state index contributed by atoms with van der Waals surface area (Å²) < 4.78 is 5.22. The molecular formula is C13H19NO3. The molecule has 0 saturated carbocycles. The molecule has 0 radical (unpaired) electrons. The fraction of sp³-hybridized carbons (Fsp3) is 0.615. The van der Waals surface area contributed by atoms with Gasteiger partial charge in [0.05, 0.1) is 12.1 Å². The molecule has 2 atom stereocenters. The van der Waals surface area contributed by atoms with E-state index in [0.717, 1.165) is 25.1 Å². The van der Waals surface area contributed by atoms with Crippen LogP contribution in [0.15, 0.2) is 23.3 Å². The topological polar surface area (TPSA) is 49.8 Å². The molecule has 2 aliphatic rings. The lowest BCUT2D eigenvalue weighted by molar-refractivity contribution is -0.138. The smallest absolute Gasteiger partial charge is 0.333 e. The van der Waals surface area contributed by atoms with E-state index in [2.05, 4.69) is 11.0 Å². The standard InChI is InChI=1S/C13H19NO3/c1-3-9(2)13(16)17-8-10-4-6-14-7-5-11(15)12(10)14/h3-4,11-12,15H,5-8H2,1-2H3/b9-3-/t11-,12-/m1/s1. The third kappa shape index (κ3) is 2.42. The average Bonchev–Trinajstić information content (AvgIpc) is 2.89. The third-order valence-corrected chi connectivity index (χ3v) is 3.56. The Morgan fingerprint density at radius 1 is 1.71 bits per heavy atom. The Morgan fingerprint density at radius 3 is 3.18 bits per heavy atom. The summed E-state index contributed by atoms with van der Waals surface area (Å²) in [5.74, 6) is -0.278. The zero-order chi connectivity index (χ0) is 12.4. The Bertz CT molecular complexity index is 373. The van der Waals surface area contributed by atoms with E-state index in [1.807, 2.05) is 6.92 Å². The van der Waals surface area contributed by atoms with Crippen molar-refractivity contribution in [1.82, 2.24) is 4.90 Å². The van der Waals surface area contributed by atoms with Crippen LogP contribution in [0.1, 0.15) is 20.3 Å². The number of hydrogen-bond donors (Lipinski definition) is 1. The van der Waals surface area contributed by atoms with Crippen molar-refractivity contribution in [2.45, 2.75) is 32.4 Å². The lowest BCUT2D eigenvalue weighted by Crippen LogP contribution is -2.33. The maximum absolute atomic E-state index is 11.5. The van der Waals surface area contributed by atoms with Crippen molar-refractivity contribution < 1.29 is 14.6 Å². The van der Waals surface area contributed by atoms with Gasteiger partial charge in [-0.15, -0.1) is 0 Å². The quantitative estimate of drug-likeness (QED) is 0.449. The van der Waals surface area contributed by atoms with Crippen LogP contribution in [0, 0.1) is 0 Å². The second-order valence-corrected chi connectivity index (χ2v) is 4.62. The molecule has 2 aliphatic heterocycles. The highest BCUT2D eigenvalue weighted by atomic mass is 16.5. The van der Waals surface area contributed by atoms with Crippen LogP contribution in [0.5, 0.6) is 0 Å². The lowest BCUT2D eigenvalue weighted by atomic mass is 10.1. The Hall–Kier alpha value is -1.13. The number of hydrogen-bond acceptors (Lipinski definition) is 4. The number of rotatable bonds is 3. The van der Waals surface area contributed by atoms with E-state index in [1.54, 1.807) is 13.0 Å². The molecule has 4 heteroatoms. The maximum atomic E-state index is 11.5. The molecule has 17 heavy (non-hydrogen) atoms. The Labute approximate surface area is 102 Å². The Kier molecular flexibility index (Phi) is 3.64. The van der Waals surface area contributed by atoms with E-state index in [4.69, 9.17) is 4.74 Å². The predicted molar refractivity (Wildman–Crippen MR) is 64.5 cm³/mol. The van der Waals surface area contributed by atoms with Gasteiger partial charge in [-0.25, -0.2) is 4.79 Å². The average molecular weight is 237 g/mol. The van der Waals surface area contributed by atoms with Crippen LogP contribution in [0.4, 0.5) is 0 Å². The summed E-state index contributed by atoms with van der Waals surface area (Å²) in [5, 5.41) is 9.86. The van der Waals surface area contributed by atoms with Gasteiger partial charge in [0.15, 0.2) is 0 Å². The molecule has 2 heterocycles. The van der Waals surface area contributed by atoms with Crippen LogP contribution < -0.4 is 0 Å². The van der Waals surface area contributed by atoms with Crippen molar-refractivity contribution in [3.63, 3.8) is 0 Å². The van der Waals surface area contributed by atoms with Gasteiger partial charge in [-0.2, -0.15) is 0 Å². The monoisotopic (exact) mass is 237 g/mol. The zero-order valence-electron chi connectivity index (χ0n) is 10.3. The second kappa shape index (κ2) is 5.02. The molecular weight excluding hydrogens is 218 g/mol. The first-order valence-electron chi connectivity index (χ1n) is 6.04. The molecule has 0 unspecified atom stereocenters. The third-order valence-electron chi connectivity index (χ3n) is 3.56. The molecule has 0 amide bonds. The first-order valence-corrected chi connectivity index (χ1v) is 6.04. The van der Waals surface area contributed by atoms with Crippen molar-refractivity contribution >= 4 is 5.97 Å². The molecule has 0 aromatic rings. The van der Waals surface area contributed by atoms with Crippen LogP contribution in [0.3, 0.4) is 0 Å². The molecule has 94 valence electrons. The SMILES string of the molecule is C/C=C(/C)C(=O)OCC1=CCN2CC[C@@H](O)[C@@H]12. The van der Waals surface area contributed by atoms with E-state index >= 15 is 0 Å². The molecule has 4 nitrogen and oxygen atoms in total. The maximum Gasteiger partial charge on any atom is 0.333 e. The molecule has 1 saturated heterocycles. The number of nitrogens with zero attached hydrogens (tertiary/aromatic N) is 1. The highest BCUT2D eigenvalue weighted by Gasteiger charge is 2.38. The highest BCUT2D eigenvalue weighted by Crippen LogP contribution is 2.29. The summed E-state index contributed by atoms with van der Waals surface area (Å²) in [7, 11) is 0. The van der Waals surface area contributed by atoms with E-state index in [-0.39, 0.29) is 18.1 Å². The summed E-state index contributed by atoms with van der Waals surface area (Å²) in [6.07, 6.45) is 4.29. The van der Waals surface area contributed by atoms with Crippen molar-refractivity contribution in [3.8, 4) is 0 Å². The number of fused-ring (bicyclic) bond motifs is 1. The number of esters is 1. The Balaban J connectivity index is 1.90. The van der Waals surface area contributed by atoms with Gasteiger partial charge < -0.3 is 9.84 Å². The van der Waals surface area contributed by atoms with Gasteiger partial charge in [0, 0.05) is 18.7 Å². The minimum absolute atomic E-state index is 0.0636. The summed E-state index contributed by atoms with van der Waals surface area (Å²) in [6, 6.07) is 0.0636. The van der Waals surface area contributed by atoms with Gasteiger partial charge >= 0.3 is 5.97 Å². The van der Waals surface area contributed by atoms with Gasteiger partial charge in [0.2, 0.25) is 0 Å².